The molecule has 1 aliphatic carbocycles. The lowest BCUT2D eigenvalue weighted by Gasteiger charge is -2.21. The first-order chi connectivity index (χ1) is 9.66. The monoisotopic (exact) mass is 308 g/mol. The fourth-order valence-corrected chi connectivity index (χ4v) is 3.98. The topological polar surface area (TPSA) is 62.2 Å². The van der Waals surface area contributed by atoms with E-state index >= 15 is 0 Å². The number of nitrogens with one attached hydrogen (secondary N) is 1. The summed E-state index contributed by atoms with van der Waals surface area (Å²) in [6, 6.07) is 1.99. The molecule has 0 unspecified atom stereocenters. The highest BCUT2D eigenvalue weighted by molar-refractivity contribution is 7.17. The van der Waals surface area contributed by atoms with Crippen LogP contribution < -0.4 is 5.32 Å². The number of thiophene rings is 1. The molecule has 2 aromatic heterocycles. The van der Waals surface area contributed by atoms with Crippen LogP contribution in [0.15, 0.2) is 23.0 Å². The van der Waals surface area contributed by atoms with Crippen LogP contribution in [0.2, 0.25) is 0 Å². The van der Waals surface area contributed by atoms with E-state index in [4.69, 9.17) is 0 Å². The summed E-state index contributed by atoms with van der Waals surface area (Å²) in [5.74, 6) is -0.149. The molecule has 0 bridgehead atoms. The van der Waals surface area contributed by atoms with Gasteiger partial charge in [-0.15, -0.1) is 11.3 Å². The van der Waals surface area contributed by atoms with Gasteiger partial charge in [0.1, 0.15) is 9.88 Å². The van der Waals surface area contributed by atoms with Gasteiger partial charge in [0.15, 0.2) is 0 Å². The second-order valence-electron chi connectivity index (χ2n) is 5.16. The number of rotatable bonds is 4. The van der Waals surface area contributed by atoms with Crippen molar-refractivity contribution in [2.75, 3.05) is 6.54 Å². The van der Waals surface area contributed by atoms with Gasteiger partial charge in [0.05, 0.1) is 11.8 Å². The molecule has 106 valence electrons. The van der Waals surface area contributed by atoms with Crippen LogP contribution in [-0.4, -0.2) is 28.1 Å². The molecule has 0 aliphatic heterocycles. The van der Waals surface area contributed by atoms with Gasteiger partial charge in [-0.2, -0.15) is 11.3 Å². The van der Waals surface area contributed by atoms with Gasteiger partial charge in [-0.1, -0.05) is 12.8 Å². The van der Waals surface area contributed by atoms with Crippen molar-refractivity contribution in [3.63, 3.8) is 0 Å². The van der Waals surface area contributed by atoms with Gasteiger partial charge in [-0.05, 0) is 24.3 Å². The molecule has 3 rings (SSSR count). The smallest absolute Gasteiger partial charge is 0.263 e. The predicted molar refractivity (Wildman–Crippen MR) is 81.2 cm³/mol. The Balaban J connectivity index is 1.63. The highest BCUT2D eigenvalue weighted by Gasteiger charge is 2.31. The summed E-state index contributed by atoms with van der Waals surface area (Å²) in [5, 5.41) is 17.9. The lowest BCUT2D eigenvalue weighted by atomic mass is 10.0. The predicted octanol–water partition coefficient (Wildman–Crippen LogP) is 2.91. The maximum atomic E-state index is 12.1. The molecule has 0 aromatic carbocycles. The van der Waals surface area contributed by atoms with Crippen LogP contribution in [0, 0.1) is 0 Å². The van der Waals surface area contributed by atoms with Gasteiger partial charge in [0.2, 0.25) is 0 Å². The zero-order chi connectivity index (χ0) is 14.0. The molecule has 1 fully saturated rings. The van der Waals surface area contributed by atoms with Crippen LogP contribution in [-0.2, 0) is 0 Å². The maximum Gasteiger partial charge on any atom is 0.263 e. The van der Waals surface area contributed by atoms with Crippen LogP contribution in [0.25, 0.3) is 10.6 Å². The minimum absolute atomic E-state index is 0.149. The molecular weight excluding hydrogens is 292 g/mol. The van der Waals surface area contributed by atoms with Crippen molar-refractivity contribution in [1.82, 2.24) is 10.3 Å². The fourth-order valence-electron chi connectivity index (χ4n) is 2.44. The summed E-state index contributed by atoms with van der Waals surface area (Å²) in [7, 11) is 0. The molecule has 0 saturated heterocycles. The van der Waals surface area contributed by atoms with Crippen LogP contribution in [0.4, 0.5) is 0 Å². The van der Waals surface area contributed by atoms with Crippen molar-refractivity contribution in [1.29, 1.82) is 0 Å². The summed E-state index contributed by atoms with van der Waals surface area (Å²) < 4.78 is 0. The van der Waals surface area contributed by atoms with Gasteiger partial charge in [-0.3, -0.25) is 4.79 Å². The van der Waals surface area contributed by atoms with E-state index in [0.717, 1.165) is 36.3 Å². The maximum absolute atomic E-state index is 12.1. The number of thiazole rings is 1. The third-order valence-electron chi connectivity index (χ3n) is 3.61. The number of hydrogen-bond acceptors (Lipinski definition) is 5. The lowest BCUT2D eigenvalue weighted by Crippen LogP contribution is -2.40. The van der Waals surface area contributed by atoms with Gasteiger partial charge >= 0.3 is 0 Å². The summed E-state index contributed by atoms with van der Waals surface area (Å²) >= 11 is 2.99. The summed E-state index contributed by atoms with van der Waals surface area (Å²) in [6.45, 7) is 0.331. The second-order valence-corrected chi connectivity index (χ2v) is 6.97. The Morgan fingerprint density at radius 1 is 1.45 bits per heavy atom. The molecule has 2 N–H and O–H groups in total. The molecule has 1 amide bonds. The normalized spacial score (nSPS) is 17.2. The Bertz CT molecular complexity index is 586. The van der Waals surface area contributed by atoms with Gasteiger partial charge in [0.25, 0.3) is 5.91 Å². The second kappa shape index (κ2) is 5.63. The largest absolute Gasteiger partial charge is 0.388 e. The molecule has 1 aliphatic rings. The van der Waals surface area contributed by atoms with E-state index in [1.807, 2.05) is 16.8 Å². The number of amides is 1. The highest BCUT2D eigenvalue weighted by atomic mass is 32.1. The third-order valence-corrected chi connectivity index (χ3v) is 5.34. The molecule has 0 spiro atoms. The average molecular weight is 308 g/mol. The Morgan fingerprint density at radius 3 is 2.95 bits per heavy atom. The Hall–Kier alpha value is -1.24. The third kappa shape index (κ3) is 2.92. The molecule has 0 radical (unpaired) electrons. The van der Waals surface area contributed by atoms with E-state index in [-0.39, 0.29) is 5.91 Å². The minimum atomic E-state index is -0.712. The number of aromatic nitrogens is 1. The van der Waals surface area contributed by atoms with Crippen molar-refractivity contribution in [3.8, 4) is 10.6 Å². The van der Waals surface area contributed by atoms with Crippen LogP contribution >= 0.6 is 22.7 Å². The van der Waals surface area contributed by atoms with E-state index < -0.39 is 5.60 Å². The number of carbonyl (C=O) groups excluding carboxylic acids is 1. The van der Waals surface area contributed by atoms with Crippen LogP contribution in [0.5, 0.6) is 0 Å². The van der Waals surface area contributed by atoms with Crippen LogP contribution in [0.1, 0.15) is 35.4 Å². The standard InChI is InChI=1S/C14H16N2O2S2/c17-12(16-9-14(18)4-1-2-5-14)11-7-15-13(20-11)10-3-6-19-8-10/h3,6-8,18H,1-2,4-5,9H2,(H,16,17). The van der Waals surface area contributed by atoms with Crippen molar-refractivity contribution in [2.24, 2.45) is 0 Å². The van der Waals surface area contributed by atoms with Crippen molar-refractivity contribution < 1.29 is 9.90 Å². The van der Waals surface area contributed by atoms with E-state index in [1.54, 1.807) is 17.5 Å². The van der Waals surface area contributed by atoms with E-state index in [0.29, 0.717) is 11.4 Å². The SMILES string of the molecule is O=C(NCC1(O)CCCC1)c1cnc(-c2ccsc2)s1. The minimum Gasteiger partial charge on any atom is -0.388 e. The van der Waals surface area contributed by atoms with Crippen molar-refractivity contribution in [2.45, 2.75) is 31.3 Å². The lowest BCUT2D eigenvalue weighted by molar-refractivity contribution is 0.0450. The number of aliphatic hydroxyl groups is 1. The molecule has 0 atom stereocenters. The highest BCUT2D eigenvalue weighted by Crippen LogP contribution is 2.29. The molecule has 2 aromatic rings. The molecule has 4 nitrogen and oxygen atoms in total. The van der Waals surface area contributed by atoms with E-state index in [2.05, 4.69) is 10.3 Å². The number of hydrogen-bond donors (Lipinski definition) is 2. The van der Waals surface area contributed by atoms with Crippen molar-refractivity contribution >= 4 is 28.6 Å². The van der Waals surface area contributed by atoms with E-state index in [9.17, 15) is 9.90 Å². The first kappa shape index (κ1) is 13.7. The molecule has 6 heteroatoms. The first-order valence-electron chi connectivity index (χ1n) is 6.65. The molecule has 1 saturated carbocycles. The summed E-state index contributed by atoms with van der Waals surface area (Å²) in [6.07, 6.45) is 5.22. The Kier molecular flexibility index (Phi) is 3.87. The summed E-state index contributed by atoms with van der Waals surface area (Å²) in [5.41, 5.74) is 0.338. The Labute approximate surface area is 125 Å². The Morgan fingerprint density at radius 2 is 2.25 bits per heavy atom. The molecular formula is C14H16N2O2S2. The quantitative estimate of drug-likeness (QED) is 0.913. The zero-order valence-corrected chi connectivity index (χ0v) is 12.6. The fraction of sp³-hybridized carbons (Fsp3) is 0.429. The van der Waals surface area contributed by atoms with E-state index in [1.165, 1.54) is 11.3 Å². The van der Waals surface area contributed by atoms with Gasteiger partial charge in [-0.25, -0.2) is 4.98 Å². The van der Waals surface area contributed by atoms with Crippen LogP contribution in [0.3, 0.4) is 0 Å². The van der Waals surface area contributed by atoms with Crippen molar-refractivity contribution in [3.05, 3.63) is 27.9 Å². The van der Waals surface area contributed by atoms with Gasteiger partial charge < -0.3 is 10.4 Å². The molecule has 2 heterocycles. The summed E-state index contributed by atoms with van der Waals surface area (Å²) in [4.78, 5) is 16.9. The zero-order valence-electron chi connectivity index (χ0n) is 11.0. The average Bonchev–Trinajstić information content (AvgIpc) is 3.16. The number of carbonyl (C=O) groups is 1. The number of nitrogens with zero attached hydrogens (tertiary/aromatic N) is 1. The first-order valence-corrected chi connectivity index (χ1v) is 8.41. The molecule has 20 heavy (non-hydrogen) atoms. The van der Waals surface area contributed by atoms with Gasteiger partial charge in [0, 0.05) is 17.5 Å².